The van der Waals surface area contributed by atoms with Crippen LogP contribution in [0.1, 0.15) is 19.4 Å². The molecular weight excluding hydrogens is 238 g/mol. The van der Waals surface area contributed by atoms with Gasteiger partial charge in [-0.15, -0.1) is 0 Å². The molecule has 0 bridgehead atoms. The van der Waals surface area contributed by atoms with Gasteiger partial charge in [-0.2, -0.15) is 0 Å². The van der Waals surface area contributed by atoms with Crippen LogP contribution in [0.2, 0.25) is 0 Å². The maximum atomic E-state index is 11.9. The first-order valence-electron chi connectivity index (χ1n) is 6.26. The normalized spacial score (nSPS) is 15.7. The Hall–Kier alpha value is -2.29. The molecular formula is C16H15NO2. The molecule has 0 fully saturated rings. The van der Waals surface area contributed by atoms with Gasteiger partial charge >= 0.3 is 0 Å². The smallest absolute Gasteiger partial charge is 0.258 e. The molecule has 0 saturated heterocycles. The number of ether oxygens (including phenoxy) is 1. The summed E-state index contributed by atoms with van der Waals surface area (Å²) in [6.07, 6.45) is 5.45. The van der Waals surface area contributed by atoms with Crippen molar-refractivity contribution in [2.75, 3.05) is 0 Å². The summed E-state index contributed by atoms with van der Waals surface area (Å²) in [6, 6.07) is 9.91. The predicted molar refractivity (Wildman–Crippen MR) is 76.2 cm³/mol. The lowest BCUT2D eigenvalue weighted by Gasteiger charge is -2.29. The van der Waals surface area contributed by atoms with Gasteiger partial charge in [-0.25, -0.2) is 0 Å². The van der Waals surface area contributed by atoms with E-state index in [1.807, 2.05) is 56.3 Å². The Balaban J connectivity index is 2.25. The van der Waals surface area contributed by atoms with Crippen LogP contribution in [0.4, 0.5) is 0 Å². The van der Waals surface area contributed by atoms with Crippen molar-refractivity contribution in [3.8, 4) is 16.9 Å². The average Bonchev–Trinajstić information content (AvgIpc) is 2.39. The number of benzene rings is 1. The highest BCUT2D eigenvalue weighted by atomic mass is 16.5. The van der Waals surface area contributed by atoms with E-state index < -0.39 is 5.60 Å². The van der Waals surface area contributed by atoms with E-state index >= 15 is 0 Å². The predicted octanol–water partition coefficient (Wildman–Crippen LogP) is 3.23. The summed E-state index contributed by atoms with van der Waals surface area (Å²) in [6.45, 7) is 3.95. The Labute approximate surface area is 111 Å². The van der Waals surface area contributed by atoms with Gasteiger partial charge in [0.05, 0.1) is 5.56 Å². The monoisotopic (exact) mass is 253 g/mol. The maximum absolute atomic E-state index is 11.9. The number of nitrogens with one attached hydrogen (secondary N) is 1. The van der Waals surface area contributed by atoms with Gasteiger partial charge in [0.2, 0.25) is 0 Å². The molecule has 1 N–H and O–H groups in total. The number of hydrogen-bond donors (Lipinski definition) is 1. The number of pyridine rings is 1. The quantitative estimate of drug-likeness (QED) is 0.847. The topological polar surface area (TPSA) is 42.1 Å². The lowest BCUT2D eigenvalue weighted by molar-refractivity contribution is 0.159. The zero-order valence-electron chi connectivity index (χ0n) is 10.9. The van der Waals surface area contributed by atoms with Crippen LogP contribution in [0.5, 0.6) is 5.75 Å². The number of aromatic amines is 1. The van der Waals surface area contributed by atoms with Crippen molar-refractivity contribution in [1.29, 1.82) is 0 Å². The molecule has 2 aromatic rings. The van der Waals surface area contributed by atoms with Crippen molar-refractivity contribution in [3.63, 3.8) is 0 Å². The third-order valence-corrected chi connectivity index (χ3v) is 3.18. The fraction of sp³-hybridized carbons (Fsp3) is 0.188. The van der Waals surface area contributed by atoms with Gasteiger partial charge in [0.25, 0.3) is 5.56 Å². The van der Waals surface area contributed by atoms with Crippen LogP contribution in [0, 0.1) is 0 Å². The maximum Gasteiger partial charge on any atom is 0.258 e. The fourth-order valence-electron chi connectivity index (χ4n) is 2.20. The van der Waals surface area contributed by atoms with Crippen molar-refractivity contribution < 1.29 is 4.74 Å². The molecule has 0 unspecified atom stereocenters. The standard InChI is InChI=1S/C16H15NO2/c1-16(2)9-8-12-14(19-16)13(10-17-15(12)18)11-6-4-3-5-7-11/h3-10H,1-2H3,(H,17,18). The summed E-state index contributed by atoms with van der Waals surface area (Å²) in [5.41, 5.74) is 2.00. The van der Waals surface area contributed by atoms with Crippen LogP contribution in [-0.4, -0.2) is 10.6 Å². The van der Waals surface area contributed by atoms with Crippen molar-refractivity contribution in [2.45, 2.75) is 19.4 Å². The second-order valence-electron chi connectivity index (χ2n) is 5.18. The van der Waals surface area contributed by atoms with Crippen LogP contribution in [-0.2, 0) is 0 Å². The number of aromatic nitrogens is 1. The zero-order chi connectivity index (χ0) is 13.5. The van der Waals surface area contributed by atoms with Crippen LogP contribution in [0.3, 0.4) is 0 Å². The second kappa shape index (κ2) is 4.12. The molecule has 3 heteroatoms. The van der Waals surface area contributed by atoms with Crippen molar-refractivity contribution in [2.24, 2.45) is 0 Å². The van der Waals surface area contributed by atoms with E-state index in [4.69, 9.17) is 4.74 Å². The summed E-state index contributed by atoms with van der Waals surface area (Å²) in [5.74, 6) is 0.655. The molecule has 0 atom stereocenters. The summed E-state index contributed by atoms with van der Waals surface area (Å²) in [7, 11) is 0. The van der Waals surface area contributed by atoms with Crippen molar-refractivity contribution >= 4 is 6.08 Å². The first kappa shape index (κ1) is 11.8. The summed E-state index contributed by atoms with van der Waals surface area (Å²) < 4.78 is 5.98. The first-order chi connectivity index (χ1) is 9.07. The van der Waals surface area contributed by atoms with E-state index in [2.05, 4.69) is 4.98 Å². The molecule has 0 radical (unpaired) electrons. The van der Waals surface area contributed by atoms with Crippen LogP contribution in [0.25, 0.3) is 17.2 Å². The highest BCUT2D eigenvalue weighted by molar-refractivity contribution is 5.76. The molecule has 0 aliphatic carbocycles. The van der Waals surface area contributed by atoms with Crippen molar-refractivity contribution in [3.05, 3.63) is 58.5 Å². The lowest BCUT2D eigenvalue weighted by Crippen LogP contribution is -2.30. The Kier molecular flexibility index (Phi) is 2.56. The molecule has 1 aromatic heterocycles. The van der Waals surface area contributed by atoms with E-state index in [0.29, 0.717) is 11.3 Å². The molecule has 96 valence electrons. The van der Waals surface area contributed by atoms with Crippen LogP contribution < -0.4 is 10.3 Å². The molecule has 1 aliphatic heterocycles. The third-order valence-electron chi connectivity index (χ3n) is 3.18. The van der Waals surface area contributed by atoms with Crippen LogP contribution >= 0.6 is 0 Å². The largest absolute Gasteiger partial charge is 0.482 e. The zero-order valence-corrected chi connectivity index (χ0v) is 10.9. The van der Waals surface area contributed by atoms with Gasteiger partial charge in [-0.05, 0) is 31.6 Å². The van der Waals surface area contributed by atoms with Gasteiger partial charge in [0.1, 0.15) is 11.4 Å². The summed E-state index contributed by atoms with van der Waals surface area (Å²) in [4.78, 5) is 14.6. The first-order valence-corrected chi connectivity index (χ1v) is 6.26. The van der Waals surface area contributed by atoms with E-state index in [1.54, 1.807) is 6.20 Å². The number of rotatable bonds is 1. The Morgan fingerprint density at radius 3 is 2.63 bits per heavy atom. The van der Waals surface area contributed by atoms with Crippen LogP contribution in [0.15, 0.2) is 47.4 Å². The fourth-order valence-corrected chi connectivity index (χ4v) is 2.20. The minimum atomic E-state index is -0.398. The van der Waals surface area contributed by atoms with Gasteiger partial charge in [-0.3, -0.25) is 4.79 Å². The Morgan fingerprint density at radius 1 is 1.16 bits per heavy atom. The Morgan fingerprint density at radius 2 is 1.89 bits per heavy atom. The molecule has 0 amide bonds. The van der Waals surface area contributed by atoms with E-state index in [9.17, 15) is 4.79 Å². The summed E-state index contributed by atoms with van der Waals surface area (Å²) >= 11 is 0. The molecule has 2 heterocycles. The van der Waals surface area contributed by atoms with E-state index in [1.165, 1.54) is 0 Å². The summed E-state index contributed by atoms with van der Waals surface area (Å²) in [5, 5.41) is 0. The number of H-pyrrole nitrogens is 1. The molecule has 0 saturated carbocycles. The molecule has 0 spiro atoms. The van der Waals surface area contributed by atoms with E-state index in [0.717, 1.165) is 11.1 Å². The van der Waals surface area contributed by atoms with Gasteiger partial charge in [0.15, 0.2) is 0 Å². The SMILES string of the molecule is CC1(C)C=Cc2c(c(-c3ccccc3)c[nH]c2=O)O1. The van der Waals surface area contributed by atoms with Gasteiger partial charge < -0.3 is 9.72 Å². The number of fused-ring (bicyclic) bond motifs is 1. The highest BCUT2D eigenvalue weighted by Crippen LogP contribution is 2.37. The van der Waals surface area contributed by atoms with Crippen molar-refractivity contribution in [1.82, 2.24) is 4.98 Å². The molecule has 1 aliphatic rings. The minimum absolute atomic E-state index is 0.124. The van der Waals surface area contributed by atoms with E-state index in [-0.39, 0.29) is 5.56 Å². The van der Waals surface area contributed by atoms with Gasteiger partial charge in [-0.1, -0.05) is 30.3 Å². The average molecular weight is 253 g/mol. The number of hydrogen-bond acceptors (Lipinski definition) is 2. The molecule has 3 nitrogen and oxygen atoms in total. The molecule has 1 aromatic carbocycles. The minimum Gasteiger partial charge on any atom is -0.482 e. The Bertz CT molecular complexity index is 696. The highest BCUT2D eigenvalue weighted by Gasteiger charge is 2.26. The third kappa shape index (κ3) is 2.08. The molecule has 19 heavy (non-hydrogen) atoms. The molecule has 3 rings (SSSR count). The lowest BCUT2D eigenvalue weighted by atomic mass is 9.98. The second-order valence-corrected chi connectivity index (χ2v) is 5.18. The van der Waals surface area contributed by atoms with Gasteiger partial charge in [0, 0.05) is 11.8 Å².